The quantitative estimate of drug-likeness (QED) is 0.654. The Bertz CT molecular complexity index is 405. The van der Waals surface area contributed by atoms with Gasteiger partial charge in [0.25, 0.3) is 0 Å². The number of benzene rings is 1. The molecule has 0 atom stereocenters. The van der Waals surface area contributed by atoms with Gasteiger partial charge in [-0.2, -0.15) is 0 Å². The highest BCUT2D eigenvalue weighted by molar-refractivity contribution is 6.42. The first-order valence-corrected chi connectivity index (χ1v) is 8.32. The Labute approximate surface area is 132 Å². The molecule has 1 aromatic rings. The third kappa shape index (κ3) is 5.16. The minimum absolute atomic E-state index is 0.516. The van der Waals surface area contributed by atoms with Gasteiger partial charge >= 0.3 is 0 Å². The van der Waals surface area contributed by atoms with E-state index in [0.29, 0.717) is 22.4 Å². The molecule has 1 aromatic carbocycles. The molecule has 1 heterocycles. The maximum Gasteiger partial charge on any atom is 0.139 e. The molecule has 2 nitrogen and oxygen atoms in total. The molecular weight excluding hydrogens is 293 g/mol. The monoisotopic (exact) mass is 315 g/mol. The minimum Gasteiger partial charge on any atom is -0.492 e. The predicted molar refractivity (Wildman–Crippen MR) is 86.1 cm³/mol. The van der Waals surface area contributed by atoms with Crippen LogP contribution >= 0.6 is 23.2 Å². The van der Waals surface area contributed by atoms with Crippen LogP contribution in [0.3, 0.4) is 0 Å². The molecule has 0 aromatic heterocycles. The predicted octanol–water partition coefficient (Wildman–Crippen LogP) is 5.03. The van der Waals surface area contributed by atoms with Crippen molar-refractivity contribution in [1.82, 2.24) is 4.90 Å². The Morgan fingerprint density at radius 1 is 1.00 bits per heavy atom. The Hall–Kier alpha value is -0.440. The molecule has 112 valence electrons. The van der Waals surface area contributed by atoms with Crippen LogP contribution in [0.25, 0.3) is 0 Å². The molecule has 0 aliphatic carbocycles. The van der Waals surface area contributed by atoms with Gasteiger partial charge in [-0.3, -0.25) is 0 Å². The number of hydrogen-bond acceptors (Lipinski definition) is 2. The summed E-state index contributed by atoms with van der Waals surface area (Å²) < 4.78 is 5.68. The van der Waals surface area contributed by atoms with Crippen LogP contribution in [0.4, 0.5) is 0 Å². The van der Waals surface area contributed by atoms with E-state index < -0.39 is 0 Å². The molecule has 0 spiro atoms. The van der Waals surface area contributed by atoms with Crippen LogP contribution in [0.2, 0.25) is 10.0 Å². The summed E-state index contributed by atoms with van der Waals surface area (Å²) in [6.45, 7) is 4.52. The lowest BCUT2D eigenvalue weighted by molar-refractivity contribution is 0.221. The number of ether oxygens (including phenoxy) is 1. The van der Waals surface area contributed by atoms with Gasteiger partial charge in [-0.15, -0.1) is 0 Å². The van der Waals surface area contributed by atoms with E-state index in [4.69, 9.17) is 27.9 Å². The van der Waals surface area contributed by atoms with Crippen molar-refractivity contribution in [3.63, 3.8) is 0 Å². The van der Waals surface area contributed by atoms with Crippen LogP contribution < -0.4 is 4.74 Å². The Balaban J connectivity index is 1.56. The Morgan fingerprint density at radius 3 is 2.60 bits per heavy atom. The van der Waals surface area contributed by atoms with Crippen molar-refractivity contribution in [3.05, 3.63) is 28.2 Å². The molecule has 20 heavy (non-hydrogen) atoms. The SMILES string of the molecule is Clc1cccc(OCCCCCN2CCCCC2)c1Cl. The van der Waals surface area contributed by atoms with Gasteiger partial charge in [0.15, 0.2) is 0 Å². The molecule has 2 rings (SSSR count). The van der Waals surface area contributed by atoms with Gasteiger partial charge in [-0.25, -0.2) is 0 Å². The van der Waals surface area contributed by atoms with Gasteiger partial charge in [0.1, 0.15) is 10.8 Å². The molecule has 1 aliphatic heterocycles. The number of unbranched alkanes of at least 4 members (excludes halogenated alkanes) is 2. The molecule has 1 aliphatic rings. The van der Waals surface area contributed by atoms with Gasteiger partial charge in [0, 0.05) is 0 Å². The summed E-state index contributed by atoms with van der Waals surface area (Å²) >= 11 is 12.0. The topological polar surface area (TPSA) is 12.5 Å². The third-order valence-corrected chi connectivity index (χ3v) is 4.54. The fraction of sp³-hybridized carbons (Fsp3) is 0.625. The summed E-state index contributed by atoms with van der Waals surface area (Å²) in [6.07, 6.45) is 7.68. The van der Waals surface area contributed by atoms with Crippen molar-refractivity contribution in [3.8, 4) is 5.75 Å². The summed E-state index contributed by atoms with van der Waals surface area (Å²) in [5.41, 5.74) is 0. The number of likely N-dealkylation sites (tertiary alicyclic amines) is 1. The fourth-order valence-corrected chi connectivity index (χ4v) is 2.92. The fourth-order valence-electron chi connectivity index (χ4n) is 2.57. The lowest BCUT2D eigenvalue weighted by Crippen LogP contribution is -2.30. The molecule has 1 fully saturated rings. The lowest BCUT2D eigenvalue weighted by atomic mass is 10.1. The van der Waals surface area contributed by atoms with E-state index >= 15 is 0 Å². The molecule has 0 N–H and O–H groups in total. The van der Waals surface area contributed by atoms with Crippen LogP contribution in [-0.4, -0.2) is 31.1 Å². The maximum atomic E-state index is 6.07. The number of halogens is 2. The highest BCUT2D eigenvalue weighted by Crippen LogP contribution is 2.31. The molecule has 0 bridgehead atoms. The molecule has 0 amide bonds. The van der Waals surface area contributed by atoms with Crippen molar-refractivity contribution in [2.45, 2.75) is 38.5 Å². The second-order valence-electron chi connectivity index (χ2n) is 5.36. The lowest BCUT2D eigenvalue weighted by Gasteiger charge is -2.26. The largest absolute Gasteiger partial charge is 0.492 e. The number of rotatable bonds is 7. The van der Waals surface area contributed by atoms with Gasteiger partial charge in [0.2, 0.25) is 0 Å². The molecule has 0 unspecified atom stereocenters. The molecule has 0 radical (unpaired) electrons. The van der Waals surface area contributed by atoms with Crippen LogP contribution in [0.15, 0.2) is 18.2 Å². The van der Waals surface area contributed by atoms with Crippen LogP contribution in [-0.2, 0) is 0 Å². The zero-order chi connectivity index (χ0) is 14.2. The van der Waals surface area contributed by atoms with Crippen molar-refractivity contribution in [1.29, 1.82) is 0 Å². The first-order chi connectivity index (χ1) is 9.77. The van der Waals surface area contributed by atoms with Gasteiger partial charge in [0.05, 0.1) is 11.6 Å². The van der Waals surface area contributed by atoms with Crippen LogP contribution in [0, 0.1) is 0 Å². The normalized spacial score (nSPS) is 16.3. The van der Waals surface area contributed by atoms with E-state index in [-0.39, 0.29) is 0 Å². The number of nitrogens with zero attached hydrogens (tertiary/aromatic N) is 1. The number of hydrogen-bond donors (Lipinski definition) is 0. The molecular formula is C16H23Cl2NO. The first kappa shape index (κ1) is 15.9. The van der Waals surface area contributed by atoms with Crippen molar-refractivity contribution >= 4 is 23.2 Å². The second-order valence-corrected chi connectivity index (χ2v) is 6.15. The summed E-state index contributed by atoms with van der Waals surface area (Å²) in [7, 11) is 0. The minimum atomic E-state index is 0.516. The average Bonchev–Trinajstić information content (AvgIpc) is 2.48. The number of piperidine rings is 1. The Kier molecular flexibility index (Phi) is 6.98. The summed E-state index contributed by atoms with van der Waals surface area (Å²) in [5.74, 6) is 0.690. The van der Waals surface area contributed by atoms with E-state index in [1.807, 2.05) is 12.1 Å². The highest BCUT2D eigenvalue weighted by atomic mass is 35.5. The third-order valence-electron chi connectivity index (χ3n) is 3.74. The van der Waals surface area contributed by atoms with Crippen molar-refractivity contribution in [2.75, 3.05) is 26.2 Å². The zero-order valence-electron chi connectivity index (χ0n) is 11.9. The summed E-state index contributed by atoms with van der Waals surface area (Å²) in [6, 6.07) is 5.50. The van der Waals surface area contributed by atoms with E-state index in [0.717, 1.165) is 6.42 Å². The molecule has 1 saturated heterocycles. The maximum absolute atomic E-state index is 6.07. The van der Waals surface area contributed by atoms with E-state index in [9.17, 15) is 0 Å². The average molecular weight is 316 g/mol. The summed E-state index contributed by atoms with van der Waals surface area (Å²) in [5, 5.41) is 1.07. The molecule has 4 heteroatoms. The standard InChI is InChI=1S/C16H23Cl2NO/c17-14-8-7-9-15(16(14)18)20-13-6-2-5-12-19-10-3-1-4-11-19/h7-9H,1-6,10-13H2. The molecule has 0 saturated carbocycles. The van der Waals surface area contributed by atoms with E-state index in [1.54, 1.807) is 6.07 Å². The van der Waals surface area contributed by atoms with Crippen LogP contribution in [0.5, 0.6) is 5.75 Å². The smallest absolute Gasteiger partial charge is 0.139 e. The van der Waals surface area contributed by atoms with Crippen molar-refractivity contribution < 1.29 is 4.74 Å². The highest BCUT2D eigenvalue weighted by Gasteiger charge is 2.09. The van der Waals surface area contributed by atoms with Crippen LogP contribution in [0.1, 0.15) is 38.5 Å². The first-order valence-electron chi connectivity index (χ1n) is 7.56. The van der Waals surface area contributed by atoms with Gasteiger partial charge < -0.3 is 9.64 Å². The van der Waals surface area contributed by atoms with Gasteiger partial charge in [-0.05, 0) is 63.9 Å². The Morgan fingerprint density at radius 2 is 1.80 bits per heavy atom. The van der Waals surface area contributed by atoms with Crippen molar-refractivity contribution in [2.24, 2.45) is 0 Å². The zero-order valence-corrected chi connectivity index (χ0v) is 13.4. The summed E-state index contributed by atoms with van der Waals surface area (Å²) in [4.78, 5) is 2.58. The van der Waals surface area contributed by atoms with E-state index in [2.05, 4.69) is 4.90 Å². The second kappa shape index (κ2) is 8.76. The van der Waals surface area contributed by atoms with Gasteiger partial charge in [-0.1, -0.05) is 35.7 Å². The van der Waals surface area contributed by atoms with E-state index in [1.165, 1.54) is 51.7 Å².